The largest absolute Gasteiger partial charge is 0.339 e. The Hall–Kier alpha value is -1.85. The van der Waals surface area contributed by atoms with Gasteiger partial charge in [-0.05, 0) is 24.3 Å². The molecule has 0 aliphatic carbocycles. The second-order valence-electron chi connectivity index (χ2n) is 4.82. The molecule has 21 heavy (non-hydrogen) atoms. The molecule has 0 N–H and O–H groups in total. The van der Waals surface area contributed by atoms with Gasteiger partial charge in [0.05, 0.1) is 28.2 Å². The van der Waals surface area contributed by atoms with Crippen molar-refractivity contribution < 1.29 is 4.79 Å². The minimum Gasteiger partial charge on any atom is -0.339 e. The van der Waals surface area contributed by atoms with Gasteiger partial charge in [-0.1, -0.05) is 23.7 Å². The third-order valence-electron chi connectivity index (χ3n) is 3.28. The maximum Gasteiger partial charge on any atom is 0.242 e. The van der Waals surface area contributed by atoms with Crippen molar-refractivity contribution in [3.63, 3.8) is 0 Å². The number of hydrogen-bond acceptors (Lipinski definition) is 3. The maximum atomic E-state index is 12.3. The molecule has 0 radical (unpaired) electrons. The summed E-state index contributed by atoms with van der Waals surface area (Å²) in [7, 11) is 1.80. The summed E-state index contributed by atoms with van der Waals surface area (Å²) in [5, 5.41) is 0. The highest BCUT2D eigenvalue weighted by atomic mass is 35.5. The summed E-state index contributed by atoms with van der Waals surface area (Å²) >= 11 is 7.40. The van der Waals surface area contributed by atoms with E-state index >= 15 is 0 Å². The summed E-state index contributed by atoms with van der Waals surface area (Å²) < 4.78 is 2.61. The Balaban J connectivity index is 1.70. The zero-order valence-corrected chi connectivity index (χ0v) is 13.1. The zero-order valence-electron chi connectivity index (χ0n) is 11.5. The van der Waals surface area contributed by atoms with Gasteiger partial charge in [-0.2, -0.15) is 0 Å². The highest BCUT2D eigenvalue weighted by molar-refractivity contribution is 7.16. The molecule has 1 aromatic carbocycles. The number of fused-ring (bicyclic) bond motifs is 1. The number of halogens is 1. The number of likely N-dealkylation sites (N-methyl/N-ethyl adjacent to an activating group) is 1. The van der Waals surface area contributed by atoms with Gasteiger partial charge in [0.2, 0.25) is 5.91 Å². The van der Waals surface area contributed by atoms with E-state index in [9.17, 15) is 4.79 Å². The van der Waals surface area contributed by atoms with E-state index in [1.807, 2.05) is 41.0 Å². The smallest absolute Gasteiger partial charge is 0.242 e. The van der Waals surface area contributed by atoms with Crippen molar-refractivity contribution in [2.45, 2.75) is 13.1 Å². The second kappa shape index (κ2) is 5.87. The monoisotopic (exact) mass is 319 g/mol. The first kappa shape index (κ1) is 14.1. The molecular weight excluding hydrogens is 306 g/mol. The number of thiophene rings is 1. The van der Waals surface area contributed by atoms with E-state index in [-0.39, 0.29) is 12.5 Å². The molecular formula is C15H14ClN3OS. The van der Waals surface area contributed by atoms with Crippen molar-refractivity contribution in [3.05, 3.63) is 51.9 Å². The molecule has 0 atom stereocenters. The van der Waals surface area contributed by atoms with Gasteiger partial charge >= 0.3 is 0 Å². The molecule has 0 spiro atoms. The lowest BCUT2D eigenvalue weighted by molar-refractivity contribution is -0.130. The van der Waals surface area contributed by atoms with Gasteiger partial charge in [-0.25, -0.2) is 4.98 Å². The van der Waals surface area contributed by atoms with Crippen LogP contribution in [0.5, 0.6) is 0 Å². The molecule has 6 heteroatoms. The first-order valence-electron chi connectivity index (χ1n) is 6.51. The highest BCUT2D eigenvalue weighted by Crippen LogP contribution is 2.22. The number of amides is 1. The Kier molecular flexibility index (Phi) is 3.94. The Bertz CT molecular complexity index is 780. The first-order valence-corrected chi connectivity index (χ1v) is 7.71. The van der Waals surface area contributed by atoms with Gasteiger partial charge in [-0.3, -0.25) is 4.79 Å². The molecule has 0 fully saturated rings. The van der Waals surface area contributed by atoms with Gasteiger partial charge in [0.15, 0.2) is 0 Å². The Morgan fingerprint density at radius 2 is 2.14 bits per heavy atom. The number of rotatable bonds is 4. The Morgan fingerprint density at radius 1 is 1.33 bits per heavy atom. The molecule has 0 aliphatic rings. The summed E-state index contributed by atoms with van der Waals surface area (Å²) in [6, 6.07) is 11.6. The lowest BCUT2D eigenvalue weighted by Crippen LogP contribution is -2.29. The average Bonchev–Trinajstić information content (AvgIpc) is 3.06. The van der Waals surface area contributed by atoms with E-state index in [0.717, 1.165) is 20.2 Å². The van der Waals surface area contributed by atoms with Crippen LogP contribution < -0.4 is 0 Å². The van der Waals surface area contributed by atoms with Crippen LogP contribution in [0.1, 0.15) is 4.88 Å². The van der Waals surface area contributed by atoms with Crippen LogP contribution in [0.4, 0.5) is 0 Å². The average molecular weight is 320 g/mol. The molecule has 2 heterocycles. The van der Waals surface area contributed by atoms with Crippen molar-refractivity contribution in [1.82, 2.24) is 14.5 Å². The van der Waals surface area contributed by atoms with Crippen molar-refractivity contribution in [3.8, 4) is 0 Å². The Morgan fingerprint density at radius 3 is 2.90 bits per heavy atom. The minimum atomic E-state index is 0.0441. The summed E-state index contributed by atoms with van der Waals surface area (Å²) in [5.41, 5.74) is 1.87. The quantitative estimate of drug-likeness (QED) is 0.739. The van der Waals surface area contributed by atoms with E-state index in [1.165, 1.54) is 11.3 Å². The number of benzene rings is 1. The predicted octanol–water partition coefficient (Wildman–Crippen LogP) is 3.41. The van der Waals surface area contributed by atoms with E-state index in [4.69, 9.17) is 11.6 Å². The third kappa shape index (κ3) is 3.09. The first-order chi connectivity index (χ1) is 10.1. The number of hydrogen-bond donors (Lipinski definition) is 0. The molecule has 0 saturated carbocycles. The molecule has 2 aromatic heterocycles. The van der Waals surface area contributed by atoms with Gasteiger partial charge in [-0.15, -0.1) is 11.3 Å². The molecule has 0 unspecified atom stereocenters. The van der Waals surface area contributed by atoms with Crippen LogP contribution in [0.15, 0.2) is 42.7 Å². The molecule has 0 bridgehead atoms. The molecule has 3 rings (SSSR count). The number of carbonyl (C=O) groups excluding carboxylic acids is 1. The van der Waals surface area contributed by atoms with Crippen molar-refractivity contribution in [2.75, 3.05) is 7.05 Å². The summed E-state index contributed by atoms with van der Waals surface area (Å²) in [5.74, 6) is 0.0441. The van der Waals surface area contributed by atoms with Crippen molar-refractivity contribution in [1.29, 1.82) is 0 Å². The maximum absolute atomic E-state index is 12.3. The zero-order chi connectivity index (χ0) is 14.8. The van der Waals surface area contributed by atoms with Crippen LogP contribution in [0, 0.1) is 0 Å². The van der Waals surface area contributed by atoms with Crippen LogP contribution in [0.2, 0.25) is 4.34 Å². The Labute approximate surface area is 131 Å². The fraction of sp³-hybridized carbons (Fsp3) is 0.200. The van der Waals surface area contributed by atoms with E-state index in [0.29, 0.717) is 6.54 Å². The molecule has 108 valence electrons. The topological polar surface area (TPSA) is 38.1 Å². The highest BCUT2D eigenvalue weighted by Gasteiger charge is 2.12. The fourth-order valence-electron chi connectivity index (χ4n) is 2.16. The van der Waals surface area contributed by atoms with Gasteiger partial charge < -0.3 is 9.47 Å². The summed E-state index contributed by atoms with van der Waals surface area (Å²) in [6.45, 7) is 0.860. The fourth-order valence-corrected chi connectivity index (χ4v) is 3.30. The number of imidazole rings is 1. The number of nitrogens with zero attached hydrogens (tertiary/aromatic N) is 3. The van der Waals surface area contributed by atoms with Crippen LogP contribution in [0.3, 0.4) is 0 Å². The number of carbonyl (C=O) groups is 1. The predicted molar refractivity (Wildman–Crippen MR) is 85.5 cm³/mol. The van der Waals surface area contributed by atoms with Crippen LogP contribution in [0.25, 0.3) is 11.0 Å². The van der Waals surface area contributed by atoms with E-state index in [2.05, 4.69) is 4.98 Å². The van der Waals surface area contributed by atoms with Crippen molar-refractivity contribution >= 4 is 39.9 Å². The number of aromatic nitrogens is 2. The van der Waals surface area contributed by atoms with Crippen LogP contribution in [-0.4, -0.2) is 27.4 Å². The SMILES string of the molecule is CN(Cc1ccc(Cl)s1)C(=O)Cn1cnc2ccccc21. The lowest BCUT2D eigenvalue weighted by Gasteiger charge is -2.16. The minimum absolute atomic E-state index is 0.0441. The van der Waals surface area contributed by atoms with E-state index in [1.54, 1.807) is 18.3 Å². The van der Waals surface area contributed by atoms with Gasteiger partial charge in [0, 0.05) is 11.9 Å². The standard InChI is InChI=1S/C15H14ClN3OS/c1-18(8-11-6-7-14(16)21-11)15(20)9-19-10-17-12-4-2-3-5-13(12)19/h2-7,10H,8-9H2,1H3. The second-order valence-corrected chi connectivity index (χ2v) is 6.62. The van der Waals surface area contributed by atoms with Gasteiger partial charge in [0.25, 0.3) is 0 Å². The molecule has 1 amide bonds. The van der Waals surface area contributed by atoms with Crippen LogP contribution in [-0.2, 0) is 17.9 Å². The molecule has 4 nitrogen and oxygen atoms in total. The normalized spacial score (nSPS) is 11.0. The van der Waals surface area contributed by atoms with E-state index < -0.39 is 0 Å². The van der Waals surface area contributed by atoms with Crippen LogP contribution >= 0.6 is 22.9 Å². The van der Waals surface area contributed by atoms with Gasteiger partial charge in [0.1, 0.15) is 6.54 Å². The molecule has 0 saturated heterocycles. The molecule has 0 aliphatic heterocycles. The third-order valence-corrected chi connectivity index (χ3v) is 4.50. The summed E-state index contributed by atoms with van der Waals surface area (Å²) in [4.78, 5) is 19.4. The number of para-hydroxylation sites is 2. The van der Waals surface area contributed by atoms with Crippen molar-refractivity contribution in [2.24, 2.45) is 0 Å². The molecule has 3 aromatic rings. The summed E-state index contributed by atoms with van der Waals surface area (Å²) in [6.07, 6.45) is 1.71. The lowest BCUT2D eigenvalue weighted by atomic mass is 10.3.